The second-order valence-electron chi connectivity index (χ2n) is 3.78. The Kier molecular flexibility index (Phi) is 4.07. The van der Waals surface area contributed by atoms with Crippen molar-refractivity contribution >= 4 is 5.71 Å². The van der Waals surface area contributed by atoms with Gasteiger partial charge < -0.3 is 4.84 Å². The lowest BCUT2D eigenvalue weighted by atomic mass is 10.0. The molecule has 0 atom stereocenters. The predicted molar refractivity (Wildman–Crippen MR) is 71.5 cm³/mol. The minimum atomic E-state index is 0.702. The van der Waals surface area contributed by atoms with Gasteiger partial charge in [0.2, 0.25) is 0 Å². The summed E-state index contributed by atoms with van der Waals surface area (Å²) in [6.07, 6.45) is 2.68. The quantitative estimate of drug-likeness (QED) is 0.607. The molecule has 2 rings (SSSR count). The van der Waals surface area contributed by atoms with Crippen molar-refractivity contribution in [2.45, 2.75) is 13.3 Å². The topological polar surface area (TPSA) is 34.5 Å². The van der Waals surface area contributed by atoms with Crippen molar-refractivity contribution < 1.29 is 4.84 Å². The Balaban J connectivity index is 2.45. The zero-order chi connectivity index (χ0) is 12.8. The molecule has 0 unspecified atom stereocenters. The van der Waals surface area contributed by atoms with Crippen LogP contribution in [0, 0.1) is 6.07 Å². The van der Waals surface area contributed by atoms with Crippen LogP contribution in [0.15, 0.2) is 47.8 Å². The number of aryl methyl sites for hydroxylation is 1. The first-order valence-electron chi connectivity index (χ1n) is 5.89. The molecule has 0 saturated carbocycles. The molecule has 0 aliphatic rings. The summed E-state index contributed by atoms with van der Waals surface area (Å²) in [6.45, 7) is 2.10. The van der Waals surface area contributed by atoms with E-state index >= 15 is 0 Å². The maximum Gasteiger partial charge on any atom is 0.136 e. The van der Waals surface area contributed by atoms with E-state index in [0.717, 1.165) is 23.2 Å². The molecule has 0 fully saturated rings. The molecular weight excluding hydrogens is 224 g/mol. The van der Waals surface area contributed by atoms with Gasteiger partial charge in [0.25, 0.3) is 0 Å². The second-order valence-corrected chi connectivity index (χ2v) is 3.78. The van der Waals surface area contributed by atoms with E-state index in [0.29, 0.717) is 5.71 Å². The van der Waals surface area contributed by atoms with Crippen molar-refractivity contribution in [3.05, 3.63) is 65.5 Å². The number of rotatable bonds is 4. The SMILES string of the molecule is CCc1[c]c(/C(=N\OC)c2ccccn2)ccc1. The van der Waals surface area contributed by atoms with Crippen LogP contribution in [0.3, 0.4) is 0 Å². The molecular formula is C15H15N2O. The molecule has 1 aromatic heterocycles. The lowest BCUT2D eigenvalue weighted by Gasteiger charge is -2.06. The standard InChI is InChI=1S/C15H15N2O/c1-3-12-7-6-8-13(11-12)15(17-18-2)14-9-4-5-10-16-14/h4-10H,3H2,1-2H3/b17-15+. The van der Waals surface area contributed by atoms with Gasteiger partial charge in [0.1, 0.15) is 12.8 Å². The average molecular weight is 239 g/mol. The van der Waals surface area contributed by atoms with Crippen LogP contribution in [0.5, 0.6) is 0 Å². The average Bonchev–Trinajstić information content (AvgIpc) is 2.46. The van der Waals surface area contributed by atoms with E-state index in [-0.39, 0.29) is 0 Å². The summed E-state index contributed by atoms with van der Waals surface area (Å²) in [5, 5.41) is 4.06. The number of oxime groups is 1. The highest BCUT2D eigenvalue weighted by molar-refractivity contribution is 6.11. The summed E-state index contributed by atoms with van der Waals surface area (Å²) >= 11 is 0. The zero-order valence-electron chi connectivity index (χ0n) is 10.6. The Morgan fingerprint density at radius 3 is 2.83 bits per heavy atom. The molecule has 91 valence electrons. The maximum atomic E-state index is 4.91. The Morgan fingerprint density at radius 1 is 1.28 bits per heavy atom. The Morgan fingerprint density at radius 2 is 2.17 bits per heavy atom. The van der Waals surface area contributed by atoms with Gasteiger partial charge >= 0.3 is 0 Å². The second kappa shape index (κ2) is 5.96. The molecule has 0 spiro atoms. The normalized spacial score (nSPS) is 11.3. The van der Waals surface area contributed by atoms with Gasteiger partial charge in [-0.15, -0.1) is 0 Å². The van der Waals surface area contributed by atoms with Crippen LogP contribution in [0.4, 0.5) is 0 Å². The van der Waals surface area contributed by atoms with Gasteiger partial charge in [-0.05, 0) is 30.2 Å². The Bertz CT molecular complexity index is 535. The highest BCUT2D eigenvalue weighted by atomic mass is 16.6. The molecule has 1 aromatic carbocycles. The fourth-order valence-corrected chi connectivity index (χ4v) is 1.69. The number of hydrogen-bond donors (Lipinski definition) is 0. The first-order valence-corrected chi connectivity index (χ1v) is 5.89. The molecule has 0 amide bonds. The van der Waals surface area contributed by atoms with Crippen LogP contribution in [-0.4, -0.2) is 17.8 Å². The number of pyridine rings is 1. The summed E-state index contributed by atoms with van der Waals surface area (Å²) in [5.41, 5.74) is 3.53. The van der Waals surface area contributed by atoms with Gasteiger partial charge in [0.15, 0.2) is 0 Å². The maximum absolute atomic E-state index is 4.91. The van der Waals surface area contributed by atoms with Gasteiger partial charge in [-0.1, -0.05) is 36.3 Å². The highest BCUT2D eigenvalue weighted by Gasteiger charge is 2.09. The van der Waals surface area contributed by atoms with E-state index < -0.39 is 0 Å². The largest absolute Gasteiger partial charge is 0.399 e. The van der Waals surface area contributed by atoms with Crippen LogP contribution < -0.4 is 0 Å². The van der Waals surface area contributed by atoms with Crippen LogP contribution in [0.2, 0.25) is 0 Å². The van der Waals surface area contributed by atoms with Gasteiger partial charge in [0, 0.05) is 11.8 Å². The van der Waals surface area contributed by atoms with Crippen LogP contribution in [0.25, 0.3) is 0 Å². The zero-order valence-corrected chi connectivity index (χ0v) is 10.6. The van der Waals surface area contributed by atoms with E-state index in [9.17, 15) is 0 Å². The molecule has 18 heavy (non-hydrogen) atoms. The van der Waals surface area contributed by atoms with Gasteiger partial charge in [0.05, 0.1) is 5.69 Å². The summed E-state index contributed by atoms with van der Waals surface area (Å²) in [6, 6.07) is 15.0. The van der Waals surface area contributed by atoms with Gasteiger partial charge in [-0.2, -0.15) is 0 Å². The van der Waals surface area contributed by atoms with E-state index in [4.69, 9.17) is 4.84 Å². The fourth-order valence-electron chi connectivity index (χ4n) is 1.69. The number of hydrogen-bond acceptors (Lipinski definition) is 3. The summed E-state index contributed by atoms with van der Waals surface area (Å²) in [7, 11) is 1.53. The summed E-state index contributed by atoms with van der Waals surface area (Å²) in [4.78, 5) is 9.21. The molecule has 1 heterocycles. The number of aromatic nitrogens is 1. The predicted octanol–water partition coefficient (Wildman–Crippen LogP) is 2.84. The van der Waals surface area contributed by atoms with Crippen LogP contribution >= 0.6 is 0 Å². The molecule has 0 saturated heterocycles. The van der Waals surface area contributed by atoms with E-state index in [1.807, 2.05) is 36.4 Å². The molecule has 3 heteroatoms. The fraction of sp³-hybridized carbons (Fsp3) is 0.200. The van der Waals surface area contributed by atoms with Gasteiger partial charge in [-0.3, -0.25) is 4.98 Å². The minimum absolute atomic E-state index is 0.702. The first kappa shape index (κ1) is 12.3. The highest BCUT2D eigenvalue weighted by Crippen LogP contribution is 2.11. The number of benzene rings is 1. The lowest BCUT2D eigenvalue weighted by Crippen LogP contribution is -2.07. The van der Waals surface area contributed by atoms with Crippen molar-refractivity contribution in [2.24, 2.45) is 5.16 Å². The van der Waals surface area contributed by atoms with Crippen molar-refractivity contribution in [1.82, 2.24) is 4.98 Å². The van der Waals surface area contributed by atoms with Crippen LogP contribution in [0.1, 0.15) is 23.7 Å². The Hall–Kier alpha value is -2.16. The molecule has 0 N–H and O–H groups in total. The van der Waals surface area contributed by atoms with E-state index in [1.165, 1.54) is 7.11 Å². The molecule has 2 aromatic rings. The third-order valence-corrected chi connectivity index (χ3v) is 2.58. The van der Waals surface area contributed by atoms with Crippen molar-refractivity contribution in [2.75, 3.05) is 7.11 Å². The first-order chi connectivity index (χ1) is 8.85. The summed E-state index contributed by atoms with van der Waals surface area (Å²) < 4.78 is 0. The smallest absolute Gasteiger partial charge is 0.136 e. The molecule has 3 nitrogen and oxygen atoms in total. The third-order valence-electron chi connectivity index (χ3n) is 2.58. The van der Waals surface area contributed by atoms with Crippen LogP contribution in [-0.2, 0) is 11.3 Å². The van der Waals surface area contributed by atoms with E-state index in [2.05, 4.69) is 23.1 Å². The third kappa shape index (κ3) is 2.74. The molecule has 0 aliphatic carbocycles. The molecule has 1 radical (unpaired) electrons. The Labute approximate surface area is 107 Å². The monoisotopic (exact) mass is 239 g/mol. The minimum Gasteiger partial charge on any atom is -0.399 e. The van der Waals surface area contributed by atoms with E-state index in [1.54, 1.807) is 6.20 Å². The lowest BCUT2D eigenvalue weighted by molar-refractivity contribution is 0.214. The van der Waals surface area contributed by atoms with Gasteiger partial charge in [-0.25, -0.2) is 0 Å². The molecule has 0 bridgehead atoms. The summed E-state index contributed by atoms with van der Waals surface area (Å²) in [5.74, 6) is 0. The number of nitrogens with zero attached hydrogens (tertiary/aromatic N) is 2. The molecule has 0 aliphatic heterocycles. The van der Waals surface area contributed by atoms with Crippen molar-refractivity contribution in [3.63, 3.8) is 0 Å². The van der Waals surface area contributed by atoms with Crippen molar-refractivity contribution in [3.8, 4) is 0 Å². The van der Waals surface area contributed by atoms with Crippen molar-refractivity contribution in [1.29, 1.82) is 0 Å².